The molecule has 1 unspecified atom stereocenters. The van der Waals surface area contributed by atoms with E-state index in [0.29, 0.717) is 22.8 Å². The van der Waals surface area contributed by atoms with E-state index in [2.05, 4.69) is 17.5 Å². The van der Waals surface area contributed by atoms with Crippen LogP contribution < -0.4 is 4.74 Å². The van der Waals surface area contributed by atoms with E-state index in [9.17, 15) is 5.11 Å². The van der Waals surface area contributed by atoms with E-state index in [1.165, 1.54) is 10.1 Å². The van der Waals surface area contributed by atoms with Crippen LogP contribution in [-0.4, -0.2) is 12.2 Å². The lowest BCUT2D eigenvalue weighted by atomic mass is 10.00. The maximum absolute atomic E-state index is 10.6. The van der Waals surface area contributed by atoms with Crippen LogP contribution in [0.1, 0.15) is 17.2 Å². The van der Waals surface area contributed by atoms with Crippen molar-refractivity contribution in [2.75, 3.05) is 7.11 Å². The molecule has 3 rings (SSSR count). The molecule has 3 aromatic rings. The van der Waals surface area contributed by atoms with Crippen molar-refractivity contribution < 1.29 is 9.84 Å². The fourth-order valence-electron chi connectivity index (χ4n) is 2.52. The van der Waals surface area contributed by atoms with Crippen molar-refractivity contribution in [3.63, 3.8) is 0 Å². The number of benzene rings is 2. The summed E-state index contributed by atoms with van der Waals surface area (Å²) < 4.78 is 6.54. The molecule has 0 fully saturated rings. The van der Waals surface area contributed by atoms with Gasteiger partial charge in [0, 0.05) is 16.7 Å². The predicted molar refractivity (Wildman–Crippen MR) is 88.5 cm³/mol. The van der Waals surface area contributed by atoms with Crippen LogP contribution in [0, 0.1) is 0 Å². The first-order chi connectivity index (χ1) is 10.2. The van der Waals surface area contributed by atoms with Gasteiger partial charge in [0.2, 0.25) is 0 Å². The van der Waals surface area contributed by atoms with Crippen LogP contribution in [-0.2, 0) is 6.42 Å². The van der Waals surface area contributed by atoms with Gasteiger partial charge in [-0.15, -0.1) is 11.3 Å². The molecule has 0 spiro atoms. The molecule has 1 N–H and O–H groups in total. The predicted octanol–water partition coefficient (Wildman–Crippen LogP) is 4.84. The summed E-state index contributed by atoms with van der Waals surface area (Å²) in [4.78, 5) is 0. The second kappa shape index (κ2) is 6.06. The second-order valence-corrected chi connectivity index (χ2v) is 6.15. The molecule has 0 bridgehead atoms. The van der Waals surface area contributed by atoms with E-state index in [1.54, 1.807) is 24.5 Å². The number of aliphatic hydroxyl groups excluding tert-OH is 1. The first-order valence-electron chi connectivity index (χ1n) is 6.66. The largest absolute Gasteiger partial charge is 0.496 e. The second-order valence-electron chi connectivity index (χ2n) is 4.83. The number of rotatable bonds is 4. The van der Waals surface area contributed by atoms with Crippen LogP contribution in [0.4, 0.5) is 0 Å². The average molecular weight is 319 g/mol. The number of methoxy groups -OCH3 is 1. The van der Waals surface area contributed by atoms with Gasteiger partial charge in [-0.1, -0.05) is 35.9 Å². The topological polar surface area (TPSA) is 29.5 Å². The maximum Gasteiger partial charge on any atom is 0.126 e. The highest BCUT2D eigenvalue weighted by atomic mass is 35.5. The molecule has 0 aliphatic rings. The van der Waals surface area contributed by atoms with E-state index in [-0.39, 0.29) is 0 Å². The van der Waals surface area contributed by atoms with Gasteiger partial charge in [-0.25, -0.2) is 0 Å². The van der Waals surface area contributed by atoms with Crippen LogP contribution in [0.5, 0.6) is 5.75 Å². The molecule has 0 amide bonds. The van der Waals surface area contributed by atoms with Crippen LogP contribution in [0.3, 0.4) is 0 Å². The summed E-state index contributed by atoms with van der Waals surface area (Å²) in [5.41, 5.74) is 1.78. The lowest BCUT2D eigenvalue weighted by Gasteiger charge is -2.16. The van der Waals surface area contributed by atoms with Gasteiger partial charge in [-0.05, 0) is 34.5 Å². The Morgan fingerprint density at radius 2 is 2.00 bits per heavy atom. The smallest absolute Gasteiger partial charge is 0.126 e. The third-order valence-corrected chi connectivity index (χ3v) is 4.88. The van der Waals surface area contributed by atoms with Crippen molar-refractivity contribution in [3.8, 4) is 5.75 Å². The quantitative estimate of drug-likeness (QED) is 0.746. The summed E-state index contributed by atoms with van der Waals surface area (Å²) in [6.07, 6.45) is -0.170. The van der Waals surface area contributed by atoms with Crippen molar-refractivity contribution in [1.82, 2.24) is 0 Å². The Balaban J connectivity index is 1.95. The molecule has 0 saturated heterocycles. The van der Waals surface area contributed by atoms with Gasteiger partial charge >= 0.3 is 0 Å². The first-order valence-corrected chi connectivity index (χ1v) is 7.92. The van der Waals surface area contributed by atoms with E-state index < -0.39 is 6.10 Å². The molecule has 0 radical (unpaired) electrons. The Bertz CT molecular complexity index is 766. The van der Waals surface area contributed by atoms with E-state index >= 15 is 0 Å². The molecule has 1 heterocycles. The molecule has 0 saturated carbocycles. The van der Waals surface area contributed by atoms with Gasteiger partial charge in [0.15, 0.2) is 0 Å². The molecule has 1 aromatic heterocycles. The third kappa shape index (κ3) is 2.77. The molecule has 1 atom stereocenters. The first kappa shape index (κ1) is 14.4. The van der Waals surface area contributed by atoms with Crippen LogP contribution in [0.2, 0.25) is 5.02 Å². The minimum atomic E-state index is -0.688. The average Bonchev–Trinajstić information content (AvgIpc) is 2.90. The Hall–Kier alpha value is -1.55. The Morgan fingerprint density at radius 3 is 2.81 bits per heavy atom. The number of hydrogen-bond donors (Lipinski definition) is 1. The standard InChI is InChI=1S/C17H15ClO2S/c1-20-15-7-4-6-13(18)17(15)14(19)9-11-10-21-16-8-3-2-5-12(11)16/h2-8,10,14,19H,9H2,1H3. The monoisotopic (exact) mass is 318 g/mol. The van der Waals surface area contributed by atoms with Gasteiger partial charge in [-0.3, -0.25) is 0 Å². The lowest BCUT2D eigenvalue weighted by molar-refractivity contribution is 0.174. The third-order valence-electron chi connectivity index (χ3n) is 3.54. The number of aliphatic hydroxyl groups is 1. The SMILES string of the molecule is COc1cccc(Cl)c1C(O)Cc1csc2ccccc12. The fraction of sp³-hybridized carbons (Fsp3) is 0.176. The van der Waals surface area contributed by atoms with E-state index in [1.807, 2.05) is 24.3 Å². The molecule has 21 heavy (non-hydrogen) atoms. The van der Waals surface area contributed by atoms with Gasteiger partial charge in [0.25, 0.3) is 0 Å². The number of thiophene rings is 1. The maximum atomic E-state index is 10.6. The zero-order valence-corrected chi connectivity index (χ0v) is 13.1. The number of halogens is 1. The van der Waals surface area contributed by atoms with Crippen molar-refractivity contribution >= 4 is 33.0 Å². The summed E-state index contributed by atoms with van der Waals surface area (Å²) in [6.45, 7) is 0. The Kier molecular flexibility index (Phi) is 4.15. The van der Waals surface area contributed by atoms with Gasteiger partial charge < -0.3 is 9.84 Å². The van der Waals surface area contributed by atoms with Crippen molar-refractivity contribution in [2.24, 2.45) is 0 Å². The van der Waals surface area contributed by atoms with Gasteiger partial charge in [0.05, 0.1) is 18.2 Å². The van der Waals surface area contributed by atoms with Crippen LogP contribution >= 0.6 is 22.9 Å². The molecule has 2 nitrogen and oxygen atoms in total. The minimum absolute atomic E-state index is 0.518. The number of hydrogen-bond acceptors (Lipinski definition) is 3. The molecule has 0 aliphatic heterocycles. The highest BCUT2D eigenvalue weighted by molar-refractivity contribution is 7.17. The summed E-state index contributed by atoms with van der Waals surface area (Å²) in [5.74, 6) is 0.620. The summed E-state index contributed by atoms with van der Waals surface area (Å²) >= 11 is 7.91. The highest BCUT2D eigenvalue weighted by Gasteiger charge is 2.18. The molecular formula is C17H15ClO2S. The zero-order valence-electron chi connectivity index (χ0n) is 11.5. The molecular weight excluding hydrogens is 304 g/mol. The van der Waals surface area contributed by atoms with Gasteiger partial charge in [0.1, 0.15) is 5.75 Å². The molecule has 0 aliphatic carbocycles. The summed E-state index contributed by atoms with van der Waals surface area (Å²) in [6, 6.07) is 13.6. The highest BCUT2D eigenvalue weighted by Crippen LogP contribution is 2.36. The molecule has 2 aromatic carbocycles. The van der Waals surface area contributed by atoms with E-state index in [4.69, 9.17) is 16.3 Å². The summed E-state index contributed by atoms with van der Waals surface area (Å²) in [5, 5.41) is 14.4. The van der Waals surface area contributed by atoms with E-state index in [0.717, 1.165) is 5.56 Å². The van der Waals surface area contributed by atoms with Crippen molar-refractivity contribution in [1.29, 1.82) is 0 Å². The lowest BCUT2D eigenvalue weighted by Crippen LogP contribution is -2.04. The number of fused-ring (bicyclic) bond motifs is 1. The Labute approximate surface area is 132 Å². The van der Waals surface area contributed by atoms with Crippen molar-refractivity contribution in [3.05, 3.63) is 64.0 Å². The Morgan fingerprint density at radius 1 is 1.19 bits per heavy atom. The summed E-state index contributed by atoms with van der Waals surface area (Å²) in [7, 11) is 1.59. The van der Waals surface area contributed by atoms with Gasteiger partial charge in [-0.2, -0.15) is 0 Å². The zero-order chi connectivity index (χ0) is 14.8. The minimum Gasteiger partial charge on any atom is -0.496 e. The number of ether oxygens (including phenoxy) is 1. The van der Waals surface area contributed by atoms with Crippen molar-refractivity contribution in [2.45, 2.75) is 12.5 Å². The molecule has 4 heteroatoms. The van der Waals surface area contributed by atoms with Crippen LogP contribution in [0.15, 0.2) is 47.8 Å². The van der Waals surface area contributed by atoms with Crippen LogP contribution in [0.25, 0.3) is 10.1 Å². The normalized spacial score (nSPS) is 12.5. The molecule has 108 valence electrons. The fourth-order valence-corrected chi connectivity index (χ4v) is 3.79.